The Kier molecular flexibility index (Phi) is 7.76. The fraction of sp³-hybridized carbons (Fsp3) is 0.0270. The Morgan fingerprint density at radius 3 is 1.98 bits per heavy atom. The minimum Gasteiger partial charge on any atom is -0.333 e. The standard InChI is InChI=1S/C25H17N2.C12H10N.Ir/c1-4-10-19(11-5-1)21-16-17-23-24(18-21)27(22-14-8-3-9-15-22)25(26-23)20-12-6-2-7-13-20;1-10-7-8-12(13-9-10)11-5-3-2-4-6-11;/h1-12,14-18H;2-5,7-9H,1H3;/q2*-1;/i;1D3;. The number of nitrogens with zero attached hydrogens (tertiary/aromatic N) is 3. The first-order chi connectivity index (χ1) is 21.0. The summed E-state index contributed by atoms with van der Waals surface area (Å²) < 4.78 is 23.9. The summed E-state index contributed by atoms with van der Waals surface area (Å²) in [5, 5.41) is 0. The fourth-order valence-corrected chi connectivity index (χ4v) is 4.54. The average molecular weight is 709 g/mol. The predicted octanol–water partition coefficient (Wildman–Crippen LogP) is 9.01. The molecule has 2 aromatic heterocycles. The van der Waals surface area contributed by atoms with E-state index >= 15 is 0 Å². The molecule has 1 radical (unpaired) electrons. The largest absolute Gasteiger partial charge is 0.333 e. The van der Waals surface area contributed by atoms with Gasteiger partial charge in [-0.15, -0.1) is 71.8 Å². The van der Waals surface area contributed by atoms with Crippen LogP contribution in [0.5, 0.6) is 0 Å². The second kappa shape index (κ2) is 13.1. The molecule has 7 aromatic rings. The topological polar surface area (TPSA) is 30.7 Å². The van der Waals surface area contributed by atoms with Crippen LogP contribution in [-0.2, 0) is 20.1 Å². The van der Waals surface area contributed by atoms with Gasteiger partial charge in [0.05, 0.1) is 16.9 Å². The molecule has 7 rings (SSSR count). The van der Waals surface area contributed by atoms with Gasteiger partial charge in [-0.3, -0.25) is 4.98 Å². The predicted molar refractivity (Wildman–Crippen MR) is 164 cm³/mol. The Morgan fingerprint density at radius 1 is 0.659 bits per heavy atom. The molecular weight excluding hydrogens is 679 g/mol. The number of para-hydroxylation sites is 1. The molecule has 41 heavy (non-hydrogen) atoms. The number of pyridine rings is 1. The summed E-state index contributed by atoms with van der Waals surface area (Å²) in [5.74, 6) is 0.905. The van der Waals surface area contributed by atoms with Crippen LogP contribution in [0.3, 0.4) is 0 Å². The Hall–Kier alpha value is -4.63. The van der Waals surface area contributed by atoms with E-state index in [1.165, 1.54) is 17.3 Å². The number of rotatable bonds is 4. The molecule has 3 nitrogen and oxygen atoms in total. The Balaban J connectivity index is 0.000000194. The van der Waals surface area contributed by atoms with E-state index in [1.54, 1.807) is 18.2 Å². The molecule has 4 heteroatoms. The molecule has 0 fully saturated rings. The molecule has 0 N–H and O–H groups in total. The van der Waals surface area contributed by atoms with Gasteiger partial charge in [0.25, 0.3) is 0 Å². The van der Waals surface area contributed by atoms with Gasteiger partial charge in [0.1, 0.15) is 0 Å². The van der Waals surface area contributed by atoms with Crippen LogP contribution in [0.2, 0.25) is 0 Å². The Bertz CT molecular complexity index is 1920. The maximum absolute atomic E-state index is 7.23. The first kappa shape index (κ1) is 24.2. The molecule has 0 aliphatic carbocycles. The van der Waals surface area contributed by atoms with E-state index in [0.29, 0.717) is 0 Å². The summed E-state index contributed by atoms with van der Waals surface area (Å²) >= 11 is 0. The van der Waals surface area contributed by atoms with Crippen molar-refractivity contribution < 1.29 is 24.2 Å². The minimum atomic E-state index is -2.09. The van der Waals surface area contributed by atoms with Crippen molar-refractivity contribution >= 4 is 11.0 Å². The van der Waals surface area contributed by atoms with Crippen LogP contribution in [-0.4, -0.2) is 14.5 Å². The van der Waals surface area contributed by atoms with Gasteiger partial charge in [0.15, 0.2) is 0 Å². The summed E-state index contributed by atoms with van der Waals surface area (Å²) in [7, 11) is 0. The summed E-state index contributed by atoms with van der Waals surface area (Å²) in [5.41, 5.74) is 8.38. The Morgan fingerprint density at radius 2 is 1.34 bits per heavy atom. The van der Waals surface area contributed by atoms with Crippen LogP contribution in [0.1, 0.15) is 9.68 Å². The maximum atomic E-state index is 7.23. The molecule has 0 amide bonds. The molecule has 0 atom stereocenters. The van der Waals surface area contributed by atoms with Crippen molar-refractivity contribution in [3.63, 3.8) is 0 Å². The molecule has 0 saturated heterocycles. The van der Waals surface area contributed by atoms with Crippen LogP contribution >= 0.6 is 0 Å². The summed E-state index contributed by atoms with van der Waals surface area (Å²) in [6.45, 7) is -2.09. The van der Waals surface area contributed by atoms with Crippen molar-refractivity contribution in [1.82, 2.24) is 14.5 Å². The first-order valence-electron chi connectivity index (χ1n) is 14.5. The number of aromatic nitrogens is 3. The second-order valence-corrected chi connectivity index (χ2v) is 9.16. The van der Waals surface area contributed by atoms with E-state index < -0.39 is 6.85 Å². The van der Waals surface area contributed by atoms with Crippen LogP contribution < -0.4 is 0 Å². The molecule has 0 bridgehead atoms. The monoisotopic (exact) mass is 709 g/mol. The van der Waals surface area contributed by atoms with Crippen LogP contribution in [0.25, 0.3) is 50.5 Å². The van der Waals surface area contributed by atoms with Gasteiger partial charge in [0.2, 0.25) is 0 Å². The molecule has 0 aliphatic heterocycles. The molecule has 0 spiro atoms. The molecule has 0 saturated carbocycles. The van der Waals surface area contributed by atoms with Gasteiger partial charge >= 0.3 is 0 Å². The third kappa shape index (κ3) is 6.41. The Labute approximate surface area is 258 Å². The first-order valence-corrected chi connectivity index (χ1v) is 13.0. The van der Waals surface area contributed by atoms with E-state index in [9.17, 15) is 0 Å². The number of aryl methyl sites for hydroxylation is 1. The zero-order valence-corrected chi connectivity index (χ0v) is 24.4. The number of imidazole rings is 1. The number of fused-ring (bicyclic) bond motifs is 1. The SMILES string of the molecule is [2H]C([2H])([2H])c1ccc(-c2[c-]cccc2)nc1.[Ir].[c-]1ccccc1-c1nc2ccc(-c3ccccc3)cc2n1-c1ccccc1. The quantitative estimate of drug-likeness (QED) is 0.171. The van der Waals surface area contributed by atoms with Crippen molar-refractivity contribution in [1.29, 1.82) is 0 Å². The van der Waals surface area contributed by atoms with E-state index in [1.807, 2.05) is 48.5 Å². The van der Waals surface area contributed by atoms with Gasteiger partial charge in [-0.05, 0) is 53.5 Å². The summed E-state index contributed by atoms with van der Waals surface area (Å²) in [4.78, 5) is 9.05. The van der Waals surface area contributed by atoms with Crippen LogP contribution in [0.15, 0.2) is 146 Å². The van der Waals surface area contributed by atoms with Gasteiger partial charge in [-0.1, -0.05) is 66.7 Å². The van der Waals surface area contributed by atoms with Gasteiger partial charge in [0, 0.05) is 36.1 Å². The minimum absolute atomic E-state index is 0. The number of hydrogen-bond donors (Lipinski definition) is 0. The van der Waals surface area contributed by atoms with Crippen molar-refractivity contribution in [3.05, 3.63) is 163 Å². The second-order valence-electron chi connectivity index (χ2n) is 9.16. The smallest absolute Gasteiger partial charge is 0.0774 e. The van der Waals surface area contributed by atoms with E-state index in [4.69, 9.17) is 9.10 Å². The van der Waals surface area contributed by atoms with Crippen molar-refractivity contribution in [2.24, 2.45) is 0 Å². The van der Waals surface area contributed by atoms with E-state index in [-0.39, 0.29) is 25.7 Å². The van der Waals surface area contributed by atoms with Gasteiger partial charge < -0.3 is 9.55 Å². The number of hydrogen-bond acceptors (Lipinski definition) is 2. The molecule has 0 unspecified atom stereocenters. The average Bonchev–Trinajstić information content (AvgIpc) is 3.45. The molecule has 201 valence electrons. The molecule has 2 heterocycles. The van der Waals surface area contributed by atoms with Crippen molar-refractivity contribution in [3.8, 4) is 39.5 Å². The third-order valence-corrected chi connectivity index (χ3v) is 6.47. The maximum Gasteiger partial charge on any atom is 0.0774 e. The van der Waals surface area contributed by atoms with E-state index in [0.717, 1.165) is 39.4 Å². The van der Waals surface area contributed by atoms with Crippen LogP contribution in [0.4, 0.5) is 0 Å². The number of benzene rings is 5. The normalized spacial score (nSPS) is 11.8. The van der Waals surface area contributed by atoms with Crippen LogP contribution in [0, 0.1) is 19.0 Å². The zero-order valence-electron chi connectivity index (χ0n) is 25.0. The third-order valence-electron chi connectivity index (χ3n) is 6.47. The molecule has 0 aliphatic rings. The molecule has 5 aromatic carbocycles. The zero-order chi connectivity index (χ0) is 29.6. The van der Waals surface area contributed by atoms with Gasteiger partial charge in [-0.25, -0.2) is 0 Å². The summed E-state index contributed by atoms with van der Waals surface area (Å²) in [6, 6.07) is 52.4. The van der Waals surface area contributed by atoms with Gasteiger partial charge in [-0.2, -0.15) is 0 Å². The van der Waals surface area contributed by atoms with Crippen molar-refractivity contribution in [2.75, 3.05) is 0 Å². The summed E-state index contributed by atoms with van der Waals surface area (Å²) in [6.07, 6.45) is 1.39. The molecular formula is C37H27IrN3-2. The van der Waals surface area contributed by atoms with E-state index in [2.05, 4.69) is 94.5 Å². The van der Waals surface area contributed by atoms with Crippen molar-refractivity contribution in [2.45, 2.75) is 6.85 Å². The fourth-order valence-electron chi connectivity index (χ4n) is 4.54.